The summed E-state index contributed by atoms with van der Waals surface area (Å²) < 4.78 is 40.0. The lowest BCUT2D eigenvalue weighted by atomic mass is 9.93. The predicted molar refractivity (Wildman–Crippen MR) is 59.5 cm³/mol. The van der Waals surface area contributed by atoms with Gasteiger partial charge in [0.05, 0.1) is 0 Å². The van der Waals surface area contributed by atoms with Gasteiger partial charge in [-0.15, -0.1) is 0 Å². The summed E-state index contributed by atoms with van der Waals surface area (Å²) in [6.45, 7) is 3.27. The fraction of sp³-hybridized carbons (Fsp3) is 0.667. The molecule has 0 amide bonds. The second-order valence-corrected chi connectivity index (χ2v) is 4.39. The second-order valence-electron chi connectivity index (χ2n) is 3.64. The van der Waals surface area contributed by atoms with E-state index in [2.05, 4.69) is 14.7 Å². The Hall–Kier alpha value is -1.38. The Kier molecular flexibility index (Phi) is 4.15. The SMILES string of the molecule is CCC(CC)(Nc1nc(C(F)(F)F)ns1)C(=O)O. The summed E-state index contributed by atoms with van der Waals surface area (Å²) >= 11 is 0.496. The van der Waals surface area contributed by atoms with Crippen molar-refractivity contribution < 1.29 is 23.1 Å². The topological polar surface area (TPSA) is 75.1 Å². The summed E-state index contributed by atoms with van der Waals surface area (Å²) in [4.78, 5) is 14.4. The Morgan fingerprint density at radius 1 is 1.39 bits per heavy atom. The maximum Gasteiger partial charge on any atom is 0.452 e. The molecule has 0 aromatic carbocycles. The van der Waals surface area contributed by atoms with Gasteiger partial charge in [0.2, 0.25) is 11.0 Å². The van der Waals surface area contributed by atoms with E-state index >= 15 is 0 Å². The highest BCUT2D eigenvalue weighted by Gasteiger charge is 2.39. The molecule has 0 aliphatic rings. The smallest absolute Gasteiger partial charge is 0.452 e. The van der Waals surface area contributed by atoms with Crippen LogP contribution in [0.5, 0.6) is 0 Å². The number of aromatic nitrogens is 2. The van der Waals surface area contributed by atoms with E-state index < -0.39 is 23.5 Å². The molecule has 1 aromatic rings. The normalized spacial score (nSPS) is 12.5. The van der Waals surface area contributed by atoms with E-state index in [1.807, 2.05) is 0 Å². The number of hydrogen-bond donors (Lipinski definition) is 2. The Labute approximate surface area is 105 Å². The molecule has 18 heavy (non-hydrogen) atoms. The van der Waals surface area contributed by atoms with Gasteiger partial charge in [0.15, 0.2) is 0 Å². The number of rotatable bonds is 5. The summed E-state index contributed by atoms with van der Waals surface area (Å²) in [6, 6.07) is 0. The standard InChI is InChI=1S/C9H12F3N3O2S/c1-3-8(4-2,6(16)17)14-7-13-5(15-18-7)9(10,11)12/h3-4H2,1-2H3,(H,16,17)(H,13,14,15). The van der Waals surface area contributed by atoms with Gasteiger partial charge in [-0.25, -0.2) is 4.79 Å². The maximum atomic E-state index is 12.3. The molecule has 1 rings (SSSR count). The minimum Gasteiger partial charge on any atom is -0.480 e. The van der Waals surface area contributed by atoms with Gasteiger partial charge in [0.25, 0.3) is 0 Å². The molecule has 0 fully saturated rings. The van der Waals surface area contributed by atoms with E-state index in [1.54, 1.807) is 13.8 Å². The van der Waals surface area contributed by atoms with Gasteiger partial charge in [-0.1, -0.05) is 13.8 Å². The van der Waals surface area contributed by atoms with Crippen molar-refractivity contribution in [2.45, 2.75) is 38.4 Å². The molecular formula is C9H12F3N3O2S. The number of carbonyl (C=O) groups is 1. The molecule has 0 unspecified atom stereocenters. The Morgan fingerprint density at radius 2 is 1.94 bits per heavy atom. The third-order valence-corrected chi connectivity index (χ3v) is 3.27. The first-order valence-electron chi connectivity index (χ1n) is 5.17. The van der Waals surface area contributed by atoms with Gasteiger partial charge in [-0.2, -0.15) is 22.5 Å². The molecule has 0 atom stereocenters. The molecule has 0 bridgehead atoms. The minimum atomic E-state index is -4.62. The zero-order valence-corrected chi connectivity index (χ0v) is 10.5. The third kappa shape index (κ3) is 2.89. The summed E-state index contributed by atoms with van der Waals surface area (Å²) in [5.41, 5.74) is -1.32. The summed E-state index contributed by atoms with van der Waals surface area (Å²) in [5.74, 6) is -2.39. The maximum absolute atomic E-state index is 12.3. The minimum absolute atomic E-state index is 0.145. The monoisotopic (exact) mass is 283 g/mol. The van der Waals surface area contributed by atoms with Crippen molar-refractivity contribution in [3.8, 4) is 0 Å². The van der Waals surface area contributed by atoms with Gasteiger partial charge in [0.1, 0.15) is 5.54 Å². The number of aliphatic carboxylic acids is 1. The van der Waals surface area contributed by atoms with Gasteiger partial charge in [0, 0.05) is 11.5 Å². The van der Waals surface area contributed by atoms with Crippen molar-refractivity contribution in [3.05, 3.63) is 5.82 Å². The van der Waals surface area contributed by atoms with Crippen LogP contribution in [0.1, 0.15) is 32.5 Å². The average Bonchev–Trinajstić information content (AvgIpc) is 2.73. The Bertz CT molecular complexity index is 429. The van der Waals surface area contributed by atoms with E-state index in [0.29, 0.717) is 11.5 Å². The fourth-order valence-corrected chi connectivity index (χ4v) is 2.06. The van der Waals surface area contributed by atoms with Crippen LogP contribution in [-0.2, 0) is 11.0 Å². The van der Waals surface area contributed by atoms with Crippen LogP contribution in [0.25, 0.3) is 0 Å². The van der Waals surface area contributed by atoms with Crippen molar-refractivity contribution in [1.82, 2.24) is 9.36 Å². The van der Waals surface area contributed by atoms with Gasteiger partial charge >= 0.3 is 12.1 Å². The predicted octanol–water partition coefficient (Wildman–Crippen LogP) is 2.61. The number of carboxylic acid groups (broad SMARTS) is 1. The number of nitrogens with zero attached hydrogens (tertiary/aromatic N) is 2. The van der Waals surface area contributed by atoms with E-state index in [4.69, 9.17) is 5.11 Å². The van der Waals surface area contributed by atoms with Crippen LogP contribution in [0, 0.1) is 0 Å². The van der Waals surface area contributed by atoms with Crippen LogP contribution in [0.4, 0.5) is 18.3 Å². The Balaban J connectivity index is 2.96. The van der Waals surface area contributed by atoms with Crippen LogP contribution in [-0.4, -0.2) is 26.0 Å². The molecule has 1 heterocycles. The van der Waals surface area contributed by atoms with Crippen LogP contribution >= 0.6 is 11.5 Å². The van der Waals surface area contributed by atoms with Crippen LogP contribution < -0.4 is 5.32 Å². The lowest BCUT2D eigenvalue weighted by Gasteiger charge is -2.27. The van der Waals surface area contributed by atoms with Crippen LogP contribution in [0.3, 0.4) is 0 Å². The number of alkyl halides is 3. The molecule has 9 heteroatoms. The molecule has 0 aliphatic carbocycles. The largest absolute Gasteiger partial charge is 0.480 e. The van der Waals surface area contributed by atoms with E-state index in [9.17, 15) is 18.0 Å². The quantitative estimate of drug-likeness (QED) is 0.868. The molecule has 1 aromatic heterocycles. The second kappa shape index (κ2) is 5.09. The van der Waals surface area contributed by atoms with Crippen molar-refractivity contribution in [2.75, 3.05) is 5.32 Å². The lowest BCUT2D eigenvalue weighted by molar-refractivity contribution is -0.144. The van der Waals surface area contributed by atoms with Gasteiger partial charge in [-0.3, -0.25) is 0 Å². The molecular weight excluding hydrogens is 271 g/mol. The van der Waals surface area contributed by atoms with Crippen LogP contribution in [0.15, 0.2) is 0 Å². The zero-order chi connectivity index (χ0) is 14.0. The molecule has 0 saturated heterocycles. The third-order valence-electron chi connectivity index (χ3n) is 2.64. The molecule has 0 spiro atoms. The summed E-state index contributed by atoms with van der Waals surface area (Å²) in [7, 11) is 0. The van der Waals surface area contributed by atoms with E-state index in [0.717, 1.165) is 0 Å². The van der Waals surface area contributed by atoms with Crippen molar-refractivity contribution in [1.29, 1.82) is 0 Å². The summed E-state index contributed by atoms with van der Waals surface area (Å²) in [5, 5.41) is 11.5. The highest BCUT2D eigenvalue weighted by atomic mass is 32.1. The Morgan fingerprint density at radius 3 is 2.28 bits per heavy atom. The van der Waals surface area contributed by atoms with Gasteiger partial charge < -0.3 is 10.4 Å². The zero-order valence-electron chi connectivity index (χ0n) is 9.71. The number of anilines is 1. The highest BCUT2D eigenvalue weighted by Crippen LogP contribution is 2.31. The fourth-order valence-electron chi connectivity index (χ4n) is 1.38. The lowest BCUT2D eigenvalue weighted by Crippen LogP contribution is -2.45. The van der Waals surface area contributed by atoms with E-state index in [1.165, 1.54) is 0 Å². The number of carboxylic acids is 1. The average molecular weight is 283 g/mol. The number of hydrogen-bond acceptors (Lipinski definition) is 5. The van der Waals surface area contributed by atoms with Crippen molar-refractivity contribution >= 4 is 22.6 Å². The molecule has 5 nitrogen and oxygen atoms in total. The summed E-state index contributed by atoms with van der Waals surface area (Å²) in [6.07, 6.45) is -4.18. The first kappa shape index (κ1) is 14.7. The van der Waals surface area contributed by atoms with Gasteiger partial charge in [-0.05, 0) is 12.8 Å². The number of halogens is 3. The molecule has 0 aliphatic heterocycles. The molecule has 0 saturated carbocycles. The van der Waals surface area contributed by atoms with Crippen molar-refractivity contribution in [3.63, 3.8) is 0 Å². The molecule has 0 radical (unpaired) electrons. The van der Waals surface area contributed by atoms with Crippen molar-refractivity contribution in [2.24, 2.45) is 0 Å². The highest BCUT2D eigenvalue weighted by molar-refractivity contribution is 7.09. The molecule has 102 valence electrons. The molecule has 2 N–H and O–H groups in total. The van der Waals surface area contributed by atoms with E-state index in [-0.39, 0.29) is 18.0 Å². The van der Waals surface area contributed by atoms with Crippen LogP contribution in [0.2, 0.25) is 0 Å². The first-order valence-corrected chi connectivity index (χ1v) is 5.95. The first-order chi connectivity index (χ1) is 8.25. The number of nitrogens with one attached hydrogen (secondary N) is 1.